The summed E-state index contributed by atoms with van der Waals surface area (Å²) in [5, 5.41) is 0. The first-order valence-electron chi connectivity index (χ1n) is 11.0. The van der Waals surface area contributed by atoms with Gasteiger partial charge in [-0.25, -0.2) is 8.42 Å². The van der Waals surface area contributed by atoms with E-state index in [-0.39, 0.29) is 12.3 Å². The third kappa shape index (κ3) is 4.48. The molecule has 31 heavy (non-hydrogen) atoms. The van der Waals surface area contributed by atoms with Gasteiger partial charge in [0, 0.05) is 25.3 Å². The Hall–Kier alpha value is -2.38. The van der Waals surface area contributed by atoms with Crippen LogP contribution < -0.4 is 9.64 Å². The third-order valence-electron chi connectivity index (χ3n) is 6.14. The van der Waals surface area contributed by atoms with Gasteiger partial charge >= 0.3 is 0 Å². The highest BCUT2D eigenvalue weighted by Crippen LogP contribution is 2.32. The van der Waals surface area contributed by atoms with Crippen LogP contribution in [-0.2, 0) is 21.2 Å². The van der Waals surface area contributed by atoms with Crippen LogP contribution in [0.2, 0.25) is 0 Å². The first-order chi connectivity index (χ1) is 14.9. The van der Waals surface area contributed by atoms with Gasteiger partial charge < -0.3 is 9.64 Å². The molecule has 0 spiro atoms. The van der Waals surface area contributed by atoms with Gasteiger partial charge in [-0.05, 0) is 74.4 Å². The average Bonchev–Trinajstić information content (AvgIpc) is 3.31. The molecule has 0 radical (unpaired) electrons. The van der Waals surface area contributed by atoms with Gasteiger partial charge in [-0.3, -0.25) is 4.79 Å². The molecule has 0 saturated carbocycles. The first kappa shape index (κ1) is 21.8. The summed E-state index contributed by atoms with van der Waals surface area (Å²) >= 11 is 0. The normalized spacial score (nSPS) is 16.9. The summed E-state index contributed by atoms with van der Waals surface area (Å²) in [5.74, 6) is 0.841. The predicted molar refractivity (Wildman–Crippen MR) is 121 cm³/mol. The predicted octanol–water partition coefficient (Wildman–Crippen LogP) is 3.84. The van der Waals surface area contributed by atoms with Gasteiger partial charge in [-0.1, -0.05) is 18.2 Å². The van der Waals surface area contributed by atoms with Crippen LogP contribution in [-0.4, -0.2) is 44.9 Å². The van der Waals surface area contributed by atoms with Gasteiger partial charge in [0.25, 0.3) is 0 Å². The molecule has 0 bridgehead atoms. The van der Waals surface area contributed by atoms with Crippen molar-refractivity contribution in [2.45, 2.75) is 50.8 Å². The van der Waals surface area contributed by atoms with E-state index >= 15 is 0 Å². The Morgan fingerprint density at radius 3 is 2.42 bits per heavy atom. The summed E-state index contributed by atoms with van der Waals surface area (Å²) in [5.41, 5.74) is 3.87. The number of aryl methyl sites for hydroxylation is 3. The SMILES string of the molecule is Cc1cccc(C)c1OCCC(=O)N1CCCc2cc(S(=O)(=O)N3CCCC3)ccc21. The molecule has 1 fully saturated rings. The number of anilines is 1. The van der Waals surface area contributed by atoms with E-state index in [0.29, 0.717) is 31.1 Å². The average molecular weight is 443 g/mol. The monoisotopic (exact) mass is 442 g/mol. The maximum atomic E-state index is 12.9. The molecule has 2 aromatic rings. The van der Waals surface area contributed by atoms with Crippen LogP contribution in [0.4, 0.5) is 5.69 Å². The number of rotatable bonds is 6. The highest BCUT2D eigenvalue weighted by molar-refractivity contribution is 7.89. The van der Waals surface area contributed by atoms with E-state index < -0.39 is 10.0 Å². The second-order valence-corrected chi connectivity index (χ2v) is 10.3. The Balaban J connectivity index is 1.46. The number of hydrogen-bond acceptors (Lipinski definition) is 4. The molecule has 0 aliphatic carbocycles. The largest absolute Gasteiger partial charge is 0.493 e. The zero-order chi connectivity index (χ0) is 22.0. The number of carbonyl (C=O) groups excluding carboxylic acids is 1. The standard InChI is InChI=1S/C24H30N2O4S/c1-18-7-5-8-19(2)24(18)30-16-12-23(27)26-15-6-9-20-17-21(10-11-22(20)26)31(28,29)25-13-3-4-14-25/h5,7-8,10-11,17H,3-4,6,9,12-16H2,1-2H3. The lowest BCUT2D eigenvalue weighted by Gasteiger charge is -2.30. The van der Waals surface area contributed by atoms with Crippen molar-refractivity contribution >= 4 is 21.6 Å². The summed E-state index contributed by atoms with van der Waals surface area (Å²) in [7, 11) is -3.45. The number of benzene rings is 2. The van der Waals surface area contributed by atoms with E-state index in [1.807, 2.05) is 32.0 Å². The van der Waals surface area contributed by atoms with Crippen LogP contribution in [0.5, 0.6) is 5.75 Å². The molecule has 2 aliphatic rings. The van der Waals surface area contributed by atoms with E-state index in [9.17, 15) is 13.2 Å². The molecule has 0 aromatic heterocycles. The summed E-state index contributed by atoms with van der Waals surface area (Å²) in [6, 6.07) is 11.2. The maximum absolute atomic E-state index is 12.9. The molecule has 2 aromatic carbocycles. The number of hydrogen-bond donors (Lipinski definition) is 0. The van der Waals surface area contributed by atoms with Crippen molar-refractivity contribution in [2.75, 3.05) is 31.1 Å². The highest BCUT2D eigenvalue weighted by Gasteiger charge is 2.29. The molecular weight excluding hydrogens is 412 g/mol. The number of para-hydroxylation sites is 1. The minimum atomic E-state index is -3.45. The molecule has 6 nitrogen and oxygen atoms in total. The second kappa shape index (κ2) is 9.01. The summed E-state index contributed by atoms with van der Waals surface area (Å²) in [6.45, 7) is 6.14. The van der Waals surface area contributed by atoms with Crippen LogP contribution >= 0.6 is 0 Å². The summed E-state index contributed by atoms with van der Waals surface area (Å²) in [6.07, 6.45) is 3.71. The molecule has 2 aliphatic heterocycles. The molecule has 0 N–H and O–H groups in total. The molecule has 7 heteroatoms. The van der Waals surface area contributed by atoms with Crippen molar-refractivity contribution in [3.63, 3.8) is 0 Å². The Labute approximate surface area is 184 Å². The smallest absolute Gasteiger partial charge is 0.243 e. The van der Waals surface area contributed by atoms with Crippen molar-refractivity contribution in [3.8, 4) is 5.75 Å². The van der Waals surface area contributed by atoms with Gasteiger partial charge in [0.05, 0.1) is 17.9 Å². The molecular formula is C24H30N2O4S. The molecule has 0 unspecified atom stereocenters. The number of amides is 1. The van der Waals surface area contributed by atoms with Gasteiger partial charge in [0.1, 0.15) is 5.75 Å². The number of ether oxygens (including phenoxy) is 1. The van der Waals surface area contributed by atoms with Gasteiger partial charge in [-0.2, -0.15) is 4.31 Å². The maximum Gasteiger partial charge on any atom is 0.243 e. The first-order valence-corrected chi connectivity index (χ1v) is 12.4. The minimum absolute atomic E-state index is 0.00216. The van der Waals surface area contributed by atoms with E-state index in [1.165, 1.54) is 0 Å². The van der Waals surface area contributed by atoms with Crippen molar-refractivity contribution in [3.05, 3.63) is 53.1 Å². The number of sulfonamides is 1. The molecule has 4 rings (SSSR count). The van der Waals surface area contributed by atoms with Crippen LogP contribution in [0.1, 0.15) is 42.4 Å². The van der Waals surface area contributed by atoms with Crippen molar-refractivity contribution in [2.24, 2.45) is 0 Å². The second-order valence-electron chi connectivity index (χ2n) is 8.37. The lowest BCUT2D eigenvalue weighted by Crippen LogP contribution is -2.36. The van der Waals surface area contributed by atoms with E-state index in [0.717, 1.165) is 53.8 Å². The Morgan fingerprint density at radius 2 is 1.71 bits per heavy atom. The topological polar surface area (TPSA) is 66.9 Å². The summed E-state index contributed by atoms with van der Waals surface area (Å²) in [4.78, 5) is 15.0. The fourth-order valence-electron chi connectivity index (χ4n) is 4.47. The fraction of sp³-hybridized carbons (Fsp3) is 0.458. The van der Waals surface area contributed by atoms with Gasteiger partial charge in [0.15, 0.2) is 0 Å². The number of fused-ring (bicyclic) bond motifs is 1. The lowest BCUT2D eigenvalue weighted by atomic mass is 10.0. The molecule has 1 saturated heterocycles. The molecule has 1 amide bonds. The van der Waals surface area contributed by atoms with E-state index in [4.69, 9.17) is 4.74 Å². The molecule has 2 heterocycles. The van der Waals surface area contributed by atoms with Crippen molar-refractivity contribution < 1.29 is 17.9 Å². The quantitative estimate of drug-likeness (QED) is 0.682. The van der Waals surface area contributed by atoms with Crippen LogP contribution in [0.15, 0.2) is 41.3 Å². The van der Waals surface area contributed by atoms with E-state index in [2.05, 4.69) is 0 Å². The zero-order valence-electron chi connectivity index (χ0n) is 18.3. The lowest BCUT2D eigenvalue weighted by molar-refractivity contribution is -0.119. The van der Waals surface area contributed by atoms with Crippen LogP contribution in [0.3, 0.4) is 0 Å². The minimum Gasteiger partial charge on any atom is -0.493 e. The Kier molecular flexibility index (Phi) is 6.34. The molecule has 0 atom stereocenters. The number of nitrogens with zero attached hydrogens (tertiary/aromatic N) is 2. The van der Waals surface area contributed by atoms with Crippen LogP contribution in [0.25, 0.3) is 0 Å². The highest BCUT2D eigenvalue weighted by atomic mass is 32.2. The number of carbonyl (C=O) groups is 1. The van der Waals surface area contributed by atoms with Crippen LogP contribution in [0, 0.1) is 13.8 Å². The van der Waals surface area contributed by atoms with Crippen molar-refractivity contribution in [1.29, 1.82) is 0 Å². The van der Waals surface area contributed by atoms with Gasteiger partial charge in [0.2, 0.25) is 15.9 Å². The van der Waals surface area contributed by atoms with E-state index in [1.54, 1.807) is 27.4 Å². The molecule has 166 valence electrons. The summed E-state index contributed by atoms with van der Waals surface area (Å²) < 4.78 is 33.3. The third-order valence-corrected chi connectivity index (χ3v) is 8.04. The fourth-order valence-corrected chi connectivity index (χ4v) is 6.04. The van der Waals surface area contributed by atoms with Crippen molar-refractivity contribution in [1.82, 2.24) is 4.31 Å². The Morgan fingerprint density at radius 1 is 1.00 bits per heavy atom. The zero-order valence-corrected chi connectivity index (χ0v) is 19.1. The van der Waals surface area contributed by atoms with Gasteiger partial charge in [-0.15, -0.1) is 0 Å². The Bertz CT molecular complexity index is 1050.